The van der Waals surface area contributed by atoms with Crippen molar-refractivity contribution in [3.63, 3.8) is 0 Å². The molecule has 0 aliphatic carbocycles. The van der Waals surface area contributed by atoms with Crippen LogP contribution in [0.1, 0.15) is 38.7 Å². The molecular weight excluding hydrogens is 240 g/mol. The van der Waals surface area contributed by atoms with Crippen LogP contribution in [0.25, 0.3) is 0 Å². The van der Waals surface area contributed by atoms with E-state index in [0.29, 0.717) is 0 Å². The molecule has 1 heterocycles. The van der Waals surface area contributed by atoms with E-state index < -0.39 is 5.60 Å². The average molecular weight is 264 g/mol. The van der Waals surface area contributed by atoms with E-state index in [1.54, 1.807) is 0 Å². The van der Waals surface area contributed by atoms with E-state index in [1.807, 2.05) is 11.8 Å². The molecular formula is C16H24OS. The first-order valence-corrected chi connectivity index (χ1v) is 7.99. The maximum atomic E-state index is 10.7. The fraction of sp³-hybridized carbons (Fsp3) is 0.625. The molecule has 1 aromatic carbocycles. The summed E-state index contributed by atoms with van der Waals surface area (Å²) in [6, 6.07) is 10.6. The summed E-state index contributed by atoms with van der Waals surface area (Å²) in [6.45, 7) is 4.53. The maximum Gasteiger partial charge on any atom is 0.0743 e. The van der Waals surface area contributed by atoms with E-state index in [0.717, 1.165) is 31.4 Å². The van der Waals surface area contributed by atoms with Crippen molar-refractivity contribution in [1.29, 1.82) is 0 Å². The topological polar surface area (TPSA) is 20.2 Å². The van der Waals surface area contributed by atoms with Gasteiger partial charge in [0.25, 0.3) is 0 Å². The van der Waals surface area contributed by atoms with Crippen LogP contribution < -0.4 is 0 Å². The lowest BCUT2D eigenvalue weighted by atomic mass is 9.79. The molecule has 0 bridgehead atoms. The van der Waals surface area contributed by atoms with Crippen molar-refractivity contribution in [3.05, 3.63) is 35.9 Å². The normalized spacial score (nSPS) is 27.1. The van der Waals surface area contributed by atoms with Crippen LogP contribution in [0, 0.1) is 5.41 Å². The quantitative estimate of drug-likeness (QED) is 0.890. The van der Waals surface area contributed by atoms with E-state index in [4.69, 9.17) is 0 Å². The third-order valence-corrected chi connectivity index (χ3v) is 5.35. The zero-order chi connectivity index (χ0) is 13.1. The molecule has 1 saturated heterocycles. The van der Waals surface area contributed by atoms with Crippen LogP contribution in [0.5, 0.6) is 0 Å². The van der Waals surface area contributed by atoms with E-state index in [2.05, 4.69) is 44.2 Å². The molecule has 1 fully saturated rings. The molecule has 1 aliphatic heterocycles. The summed E-state index contributed by atoms with van der Waals surface area (Å²) in [4.78, 5) is 0. The second-order valence-corrected chi connectivity index (χ2v) is 7.38. The third kappa shape index (κ3) is 4.03. The Hall–Kier alpha value is -0.470. The fourth-order valence-corrected chi connectivity index (χ4v) is 4.32. The van der Waals surface area contributed by atoms with Gasteiger partial charge in [0, 0.05) is 5.75 Å². The highest BCUT2D eigenvalue weighted by atomic mass is 32.2. The first-order valence-electron chi connectivity index (χ1n) is 6.83. The van der Waals surface area contributed by atoms with Crippen molar-refractivity contribution in [2.75, 3.05) is 11.5 Å². The van der Waals surface area contributed by atoms with E-state index in [1.165, 1.54) is 11.3 Å². The molecule has 1 unspecified atom stereocenters. The Morgan fingerprint density at radius 2 is 1.89 bits per heavy atom. The Balaban J connectivity index is 1.82. The average Bonchev–Trinajstić information content (AvgIpc) is 2.28. The van der Waals surface area contributed by atoms with Crippen molar-refractivity contribution >= 4 is 11.8 Å². The molecule has 0 aromatic heterocycles. The van der Waals surface area contributed by atoms with Gasteiger partial charge in [0.05, 0.1) is 5.60 Å². The summed E-state index contributed by atoms with van der Waals surface area (Å²) in [5.74, 6) is 2.08. The Bertz CT molecular complexity index is 374. The number of benzene rings is 1. The lowest BCUT2D eigenvalue weighted by Crippen LogP contribution is -2.42. The van der Waals surface area contributed by atoms with Gasteiger partial charge in [-0.2, -0.15) is 11.8 Å². The lowest BCUT2D eigenvalue weighted by Gasteiger charge is -2.41. The van der Waals surface area contributed by atoms with Crippen molar-refractivity contribution in [2.45, 2.75) is 45.1 Å². The molecule has 1 nitrogen and oxygen atoms in total. The van der Waals surface area contributed by atoms with Crippen LogP contribution in [-0.2, 0) is 6.42 Å². The van der Waals surface area contributed by atoms with Crippen molar-refractivity contribution < 1.29 is 5.11 Å². The summed E-state index contributed by atoms with van der Waals surface area (Å²) >= 11 is 1.91. The molecule has 2 heteroatoms. The molecule has 1 atom stereocenters. The Kier molecular flexibility index (Phi) is 4.39. The number of aliphatic hydroxyl groups is 1. The number of hydrogen-bond acceptors (Lipinski definition) is 2. The minimum Gasteiger partial charge on any atom is -0.389 e. The molecule has 2 rings (SSSR count). The molecule has 0 amide bonds. The Morgan fingerprint density at radius 3 is 2.56 bits per heavy atom. The van der Waals surface area contributed by atoms with Crippen molar-refractivity contribution in [3.8, 4) is 0 Å². The summed E-state index contributed by atoms with van der Waals surface area (Å²) in [5.41, 5.74) is 1.22. The van der Waals surface area contributed by atoms with Crippen LogP contribution in [0.3, 0.4) is 0 Å². The molecule has 1 aromatic rings. The first kappa shape index (κ1) is 14.0. The van der Waals surface area contributed by atoms with Gasteiger partial charge >= 0.3 is 0 Å². The summed E-state index contributed by atoms with van der Waals surface area (Å²) in [5, 5.41) is 10.7. The van der Waals surface area contributed by atoms with Crippen LogP contribution >= 0.6 is 11.8 Å². The second kappa shape index (κ2) is 5.66. The molecule has 0 spiro atoms. The Labute approximate surface area is 115 Å². The molecule has 0 radical (unpaired) electrons. The first-order chi connectivity index (χ1) is 8.49. The Morgan fingerprint density at radius 1 is 1.17 bits per heavy atom. The number of rotatable bonds is 4. The van der Waals surface area contributed by atoms with E-state index in [9.17, 15) is 5.11 Å². The molecule has 0 saturated carbocycles. The second-order valence-electron chi connectivity index (χ2n) is 6.40. The number of hydrogen-bond donors (Lipinski definition) is 1. The highest BCUT2D eigenvalue weighted by Gasteiger charge is 2.38. The van der Waals surface area contributed by atoms with Crippen LogP contribution in [0.4, 0.5) is 0 Å². The highest BCUT2D eigenvalue weighted by molar-refractivity contribution is 7.99. The monoisotopic (exact) mass is 264 g/mol. The van der Waals surface area contributed by atoms with Gasteiger partial charge in [-0.1, -0.05) is 44.2 Å². The minimum absolute atomic E-state index is 0.282. The zero-order valence-electron chi connectivity index (χ0n) is 11.5. The minimum atomic E-state index is -0.443. The fourth-order valence-electron chi connectivity index (χ4n) is 2.94. The van der Waals surface area contributed by atoms with Gasteiger partial charge in [-0.15, -0.1) is 0 Å². The van der Waals surface area contributed by atoms with Crippen LogP contribution in [-0.4, -0.2) is 22.2 Å². The van der Waals surface area contributed by atoms with E-state index >= 15 is 0 Å². The van der Waals surface area contributed by atoms with Gasteiger partial charge in [0.15, 0.2) is 0 Å². The van der Waals surface area contributed by atoms with Gasteiger partial charge in [-0.05, 0) is 42.4 Å². The highest BCUT2D eigenvalue weighted by Crippen LogP contribution is 2.41. The molecule has 100 valence electrons. The number of aryl methyl sites for hydroxylation is 1. The summed E-state index contributed by atoms with van der Waals surface area (Å²) < 4.78 is 0. The standard InChI is InChI=1S/C16H24OS/c1-15(2)11-16(17,13-18-12-15)10-6-9-14-7-4-3-5-8-14/h3-5,7-8,17H,6,9-13H2,1-2H3. The van der Waals surface area contributed by atoms with Crippen molar-refractivity contribution in [2.24, 2.45) is 5.41 Å². The predicted molar refractivity (Wildman–Crippen MR) is 80.1 cm³/mol. The van der Waals surface area contributed by atoms with Gasteiger partial charge in [0.2, 0.25) is 0 Å². The predicted octanol–water partition coefficient (Wildman–Crippen LogP) is 3.90. The number of thioether (sulfide) groups is 1. The molecule has 18 heavy (non-hydrogen) atoms. The zero-order valence-corrected chi connectivity index (χ0v) is 12.3. The van der Waals surface area contributed by atoms with E-state index in [-0.39, 0.29) is 5.41 Å². The maximum absolute atomic E-state index is 10.7. The molecule has 1 aliphatic rings. The largest absolute Gasteiger partial charge is 0.389 e. The van der Waals surface area contributed by atoms with Crippen LogP contribution in [0.2, 0.25) is 0 Å². The summed E-state index contributed by atoms with van der Waals surface area (Å²) in [7, 11) is 0. The smallest absolute Gasteiger partial charge is 0.0743 e. The van der Waals surface area contributed by atoms with Gasteiger partial charge in [-0.25, -0.2) is 0 Å². The van der Waals surface area contributed by atoms with Gasteiger partial charge < -0.3 is 5.11 Å². The summed E-state index contributed by atoms with van der Waals surface area (Å²) in [6.07, 6.45) is 4.03. The van der Waals surface area contributed by atoms with Gasteiger partial charge in [-0.3, -0.25) is 0 Å². The van der Waals surface area contributed by atoms with Gasteiger partial charge in [0.1, 0.15) is 0 Å². The third-order valence-electron chi connectivity index (χ3n) is 3.62. The van der Waals surface area contributed by atoms with Crippen LogP contribution in [0.15, 0.2) is 30.3 Å². The van der Waals surface area contributed by atoms with Crippen molar-refractivity contribution in [1.82, 2.24) is 0 Å². The molecule has 1 N–H and O–H groups in total. The lowest BCUT2D eigenvalue weighted by molar-refractivity contribution is 0.0104. The SMILES string of the molecule is CC1(C)CSCC(O)(CCCc2ccccc2)C1.